The van der Waals surface area contributed by atoms with Crippen LogP contribution in [0.2, 0.25) is 0 Å². The lowest BCUT2D eigenvalue weighted by Crippen LogP contribution is -2.44. The first-order valence-electron chi connectivity index (χ1n) is 10.7. The Morgan fingerprint density at radius 1 is 1.29 bits per heavy atom. The number of hydrogen-bond acceptors (Lipinski definition) is 6. The number of likely N-dealkylation sites (tertiary alicyclic amines) is 1. The lowest BCUT2D eigenvalue weighted by molar-refractivity contribution is -0.122. The van der Waals surface area contributed by atoms with Crippen molar-refractivity contribution in [2.75, 3.05) is 13.1 Å². The number of aromatic nitrogens is 4. The van der Waals surface area contributed by atoms with Crippen molar-refractivity contribution in [2.24, 2.45) is 0 Å². The number of hydrogen-bond donors (Lipinski definition) is 1. The molecule has 8 heteroatoms. The molecule has 0 saturated carbocycles. The molecule has 4 heterocycles. The second kappa shape index (κ2) is 9.23. The summed E-state index contributed by atoms with van der Waals surface area (Å²) in [6, 6.07) is 8.34. The lowest BCUT2D eigenvalue weighted by Gasteiger charge is -2.32. The summed E-state index contributed by atoms with van der Waals surface area (Å²) < 4.78 is 1.69. The van der Waals surface area contributed by atoms with E-state index in [1.807, 2.05) is 32.2 Å². The van der Waals surface area contributed by atoms with Crippen LogP contribution < -0.4 is 5.32 Å². The third-order valence-electron chi connectivity index (χ3n) is 6.00. The van der Waals surface area contributed by atoms with Gasteiger partial charge in [-0.3, -0.25) is 14.7 Å². The smallest absolute Gasteiger partial charge is 0.220 e. The fourth-order valence-corrected chi connectivity index (χ4v) is 4.25. The van der Waals surface area contributed by atoms with Crippen molar-refractivity contribution < 1.29 is 4.79 Å². The summed E-state index contributed by atoms with van der Waals surface area (Å²) >= 11 is 0. The first-order chi connectivity index (χ1) is 15.0. The van der Waals surface area contributed by atoms with Gasteiger partial charge in [-0.25, -0.2) is 9.50 Å². The van der Waals surface area contributed by atoms with Gasteiger partial charge in [0.1, 0.15) is 11.6 Å². The van der Waals surface area contributed by atoms with E-state index in [1.54, 1.807) is 4.52 Å². The quantitative estimate of drug-likeness (QED) is 0.661. The van der Waals surface area contributed by atoms with Gasteiger partial charge in [-0.2, -0.15) is 10.4 Å². The molecule has 3 aromatic rings. The fourth-order valence-electron chi connectivity index (χ4n) is 4.25. The van der Waals surface area contributed by atoms with E-state index in [2.05, 4.69) is 37.4 Å². The number of rotatable bonds is 6. The predicted octanol–water partition coefficient (Wildman–Crippen LogP) is 2.33. The normalized spacial score (nSPS) is 15.1. The third-order valence-corrected chi connectivity index (χ3v) is 6.00. The van der Waals surface area contributed by atoms with Crippen molar-refractivity contribution >= 4 is 11.6 Å². The number of fused-ring (bicyclic) bond motifs is 1. The zero-order chi connectivity index (χ0) is 21.8. The largest absolute Gasteiger partial charge is 0.353 e. The molecule has 1 fully saturated rings. The monoisotopic (exact) mass is 417 g/mol. The average Bonchev–Trinajstić information content (AvgIpc) is 3.18. The van der Waals surface area contributed by atoms with E-state index in [1.165, 1.54) is 6.20 Å². The van der Waals surface area contributed by atoms with Crippen LogP contribution >= 0.6 is 0 Å². The van der Waals surface area contributed by atoms with E-state index in [0.717, 1.165) is 55.1 Å². The van der Waals surface area contributed by atoms with Gasteiger partial charge in [0.05, 0.1) is 11.9 Å². The summed E-state index contributed by atoms with van der Waals surface area (Å²) in [7, 11) is 0. The van der Waals surface area contributed by atoms with Crippen molar-refractivity contribution in [3.05, 3.63) is 58.8 Å². The second-order valence-electron chi connectivity index (χ2n) is 8.11. The molecule has 0 bridgehead atoms. The van der Waals surface area contributed by atoms with E-state index in [4.69, 9.17) is 0 Å². The Morgan fingerprint density at radius 3 is 2.81 bits per heavy atom. The molecule has 0 unspecified atom stereocenters. The summed E-state index contributed by atoms with van der Waals surface area (Å²) in [5.74, 6) is 0.0697. The highest BCUT2D eigenvalue weighted by molar-refractivity contribution is 5.76. The Morgan fingerprint density at radius 2 is 2.10 bits per heavy atom. The first kappa shape index (κ1) is 20.9. The van der Waals surface area contributed by atoms with Crippen LogP contribution in [0.15, 0.2) is 30.6 Å². The SMILES string of the molecule is Cc1nc2c(C#N)cnn2c(C)c1CCC(=O)NC1CCN(Cc2ccccn2)CC1. The molecule has 3 aromatic heterocycles. The summed E-state index contributed by atoms with van der Waals surface area (Å²) in [5.41, 5.74) is 4.91. The maximum absolute atomic E-state index is 12.6. The molecule has 1 aliphatic rings. The topological polar surface area (TPSA) is 99.2 Å². The van der Waals surface area contributed by atoms with Gasteiger partial charge in [0.25, 0.3) is 0 Å². The molecular weight excluding hydrogens is 390 g/mol. The number of nitrogens with one attached hydrogen (secondary N) is 1. The molecule has 1 aliphatic heterocycles. The Balaban J connectivity index is 1.29. The maximum atomic E-state index is 12.6. The highest BCUT2D eigenvalue weighted by Crippen LogP contribution is 2.19. The number of aryl methyl sites for hydroxylation is 2. The van der Waals surface area contributed by atoms with Crippen molar-refractivity contribution in [1.29, 1.82) is 5.26 Å². The molecule has 31 heavy (non-hydrogen) atoms. The minimum atomic E-state index is 0.0697. The maximum Gasteiger partial charge on any atom is 0.220 e. The lowest BCUT2D eigenvalue weighted by atomic mass is 10.0. The van der Waals surface area contributed by atoms with Crippen LogP contribution in [-0.4, -0.2) is 49.5 Å². The van der Waals surface area contributed by atoms with Crippen LogP contribution in [0.5, 0.6) is 0 Å². The zero-order valence-corrected chi connectivity index (χ0v) is 18.0. The molecule has 8 nitrogen and oxygen atoms in total. The molecule has 0 radical (unpaired) electrons. The molecule has 4 rings (SSSR count). The third kappa shape index (κ3) is 4.72. The van der Waals surface area contributed by atoms with Gasteiger partial charge in [-0.15, -0.1) is 0 Å². The molecular formula is C23H27N7O. The predicted molar refractivity (Wildman–Crippen MR) is 116 cm³/mol. The highest BCUT2D eigenvalue weighted by atomic mass is 16.1. The molecule has 1 N–H and O–H groups in total. The number of carbonyl (C=O) groups is 1. The molecule has 0 aliphatic carbocycles. The van der Waals surface area contributed by atoms with Crippen LogP contribution in [-0.2, 0) is 17.8 Å². The minimum absolute atomic E-state index is 0.0697. The molecule has 1 amide bonds. The van der Waals surface area contributed by atoms with E-state index >= 15 is 0 Å². The second-order valence-corrected chi connectivity index (χ2v) is 8.11. The van der Waals surface area contributed by atoms with Gasteiger partial charge >= 0.3 is 0 Å². The van der Waals surface area contributed by atoms with Crippen molar-refractivity contribution in [1.82, 2.24) is 29.8 Å². The van der Waals surface area contributed by atoms with Gasteiger partial charge in [0.15, 0.2) is 5.65 Å². The molecule has 0 spiro atoms. The van der Waals surface area contributed by atoms with Gasteiger partial charge in [-0.05, 0) is 50.8 Å². The number of amides is 1. The van der Waals surface area contributed by atoms with Crippen molar-refractivity contribution in [2.45, 2.75) is 52.1 Å². The fraction of sp³-hybridized carbons (Fsp3) is 0.435. The van der Waals surface area contributed by atoms with E-state index < -0.39 is 0 Å². The zero-order valence-electron chi connectivity index (χ0n) is 18.0. The van der Waals surface area contributed by atoms with Crippen LogP contribution in [0.3, 0.4) is 0 Å². The van der Waals surface area contributed by atoms with Crippen LogP contribution in [0.1, 0.15) is 47.5 Å². The van der Waals surface area contributed by atoms with Gasteiger partial charge in [0, 0.05) is 49.7 Å². The standard InChI is InChI=1S/C23H27N7O/c1-16-21(17(2)30-23(27-16)18(13-24)14-26-30)6-7-22(31)28-19-8-11-29(12-9-19)15-20-5-3-4-10-25-20/h3-5,10,14,19H,6-9,11-12,15H2,1-2H3,(H,28,31). The Bertz CT molecular complexity index is 1110. The van der Waals surface area contributed by atoms with Crippen molar-refractivity contribution in [3.8, 4) is 6.07 Å². The summed E-state index contributed by atoms with van der Waals surface area (Å²) in [5, 5.41) is 16.7. The number of piperidine rings is 1. The molecule has 160 valence electrons. The molecule has 0 aromatic carbocycles. The number of nitrogens with zero attached hydrogens (tertiary/aromatic N) is 6. The summed E-state index contributed by atoms with van der Waals surface area (Å²) in [6.07, 6.45) is 6.28. The summed E-state index contributed by atoms with van der Waals surface area (Å²) in [6.45, 7) is 6.66. The number of nitriles is 1. The van der Waals surface area contributed by atoms with Gasteiger partial charge in [0.2, 0.25) is 5.91 Å². The van der Waals surface area contributed by atoms with Gasteiger partial charge in [-0.1, -0.05) is 6.07 Å². The Hall–Kier alpha value is -3.31. The number of pyridine rings is 1. The average molecular weight is 418 g/mol. The van der Waals surface area contributed by atoms with Crippen LogP contribution in [0.4, 0.5) is 0 Å². The van der Waals surface area contributed by atoms with Gasteiger partial charge < -0.3 is 5.32 Å². The van der Waals surface area contributed by atoms with E-state index in [9.17, 15) is 10.1 Å². The number of carbonyl (C=O) groups excluding carboxylic acids is 1. The van der Waals surface area contributed by atoms with E-state index in [-0.39, 0.29) is 11.9 Å². The van der Waals surface area contributed by atoms with Crippen molar-refractivity contribution in [3.63, 3.8) is 0 Å². The van der Waals surface area contributed by atoms with Crippen LogP contribution in [0.25, 0.3) is 5.65 Å². The molecule has 0 atom stereocenters. The molecule has 1 saturated heterocycles. The Labute approximate surface area is 181 Å². The Kier molecular flexibility index (Phi) is 6.23. The summed E-state index contributed by atoms with van der Waals surface area (Å²) in [4.78, 5) is 23.9. The van der Waals surface area contributed by atoms with E-state index in [0.29, 0.717) is 24.1 Å². The van der Waals surface area contributed by atoms with Crippen LogP contribution in [0, 0.1) is 25.2 Å². The highest BCUT2D eigenvalue weighted by Gasteiger charge is 2.21. The first-order valence-corrected chi connectivity index (χ1v) is 10.7. The minimum Gasteiger partial charge on any atom is -0.353 e.